The van der Waals surface area contributed by atoms with Crippen LogP contribution in [0.25, 0.3) is 6.08 Å². The van der Waals surface area contributed by atoms with E-state index in [0.717, 1.165) is 56.3 Å². The molecule has 0 aliphatic carbocycles. The Morgan fingerprint density at radius 3 is 2.65 bits per heavy atom. The van der Waals surface area contributed by atoms with Gasteiger partial charge in [0.2, 0.25) is 0 Å². The highest BCUT2D eigenvalue weighted by atomic mass is 32.2. The zero-order valence-electron chi connectivity index (χ0n) is 19.1. The van der Waals surface area contributed by atoms with Crippen molar-refractivity contribution >= 4 is 40.8 Å². The van der Waals surface area contributed by atoms with E-state index in [4.69, 9.17) is 0 Å². The Morgan fingerprint density at radius 1 is 1.10 bits per heavy atom. The van der Waals surface area contributed by atoms with Gasteiger partial charge in [-0.3, -0.25) is 9.69 Å². The zero-order chi connectivity index (χ0) is 22.0. The maximum absolute atomic E-state index is 12.6. The fourth-order valence-electron chi connectivity index (χ4n) is 4.30. The lowest BCUT2D eigenvalue weighted by Gasteiger charge is -2.37. The van der Waals surface area contributed by atoms with Gasteiger partial charge in [-0.2, -0.15) is 0 Å². The van der Waals surface area contributed by atoms with E-state index in [1.54, 1.807) is 23.1 Å². The molecule has 2 aliphatic heterocycles. The van der Waals surface area contributed by atoms with Crippen molar-refractivity contribution in [2.24, 2.45) is 0 Å². The van der Waals surface area contributed by atoms with Crippen LogP contribution in [-0.2, 0) is 10.5 Å². The first kappa shape index (κ1) is 22.4. The second-order valence-electron chi connectivity index (χ2n) is 8.65. The average Bonchev–Trinajstić information content (AvgIpc) is 3.06. The summed E-state index contributed by atoms with van der Waals surface area (Å²) in [4.78, 5) is 21.1. The number of rotatable bonds is 6. The van der Waals surface area contributed by atoms with Gasteiger partial charge in [-0.25, -0.2) is 0 Å². The number of benzene rings is 1. The number of thiophene rings is 1. The first-order chi connectivity index (χ1) is 14.9. The molecule has 0 bridgehead atoms. The molecule has 1 fully saturated rings. The van der Waals surface area contributed by atoms with Gasteiger partial charge in [0, 0.05) is 53.9 Å². The predicted molar refractivity (Wildman–Crippen MR) is 135 cm³/mol. The third-order valence-corrected chi connectivity index (χ3v) is 8.66. The quantitative estimate of drug-likeness (QED) is 0.629. The van der Waals surface area contributed by atoms with Crippen LogP contribution in [0, 0.1) is 27.7 Å². The van der Waals surface area contributed by atoms with Gasteiger partial charge in [0.1, 0.15) is 0 Å². The third-order valence-electron chi connectivity index (χ3n) is 6.41. The molecule has 0 saturated carbocycles. The number of thioether (sulfide) groups is 1. The topological polar surface area (TPSA) is 35.6 Å². The largest absolute Gasteiger partial charge is 0.369 e. The van der Waals surface area contributed by atoms with Gasteiger partial charge in [-0.15, -0.1) is 23.1 Å². The van der Waals surface area contributed by atoms with Crippen LogP contribution >= 0.6 is 23.1 Å². The monoisotopic (exact) mass is 455 g/mol. The molecule has 0 spiro atoms. The van der Waals surface area contributed by atoms with Crippen molar-refractivity contribution in [2.75, 3.05) is 44.2 Å². The summed E-state index contributed by atoms with van der Waals surface area (Å²) in [5.41, 5.74) is 6.86. The summed E-state index contributed by atoms with van der Waals surface area (Å²) < 4.78 is 0. The molecule has 1 aromatic carbocycles. The number of nitrogens with one attached hydrogen (secondary N) is 1. The minimum Gasteiger partial charge on any atom is -0.369 e. The fourth-order valence-corrected chi connectivity index (χ4v) is 6.68. The number of amides is 1. The van der Waals surface area contributed by atoms with Gasteiger partial charge < -0.3 is 10.2 Å². The summed E-state index contributed by atoms with van der Waals surface area (Å²) >= 11 is 3.47. The highest BCUT2D eigenvalue weighted by Crippen LogP contribution is 2.39. The predicted octanol–water partition coefficient (Wildman–Crippen LogP) is 4.90. The van der Waals surface area contributed by atoms with Crippen molar-refractivity contribution < 1.29 is 4.79 Å². The van der Waals surface area contributed by atoms with E-state index >= 15 is 0 Å². The summed E-state index contributed by atoms with van der Waals surface area (Å²) in [6.45, 7) is 14.8. The van der Waals surface area contributed by atoms with Gasteiger partial charge in [0.25, 0.3) is 5.91 Å². The standard InChI is InChI=1S/C25H33N3OS2/c1-17-6-7-18(2)22(14-17)28-12-10-27(11-13-28)9-5-8-26-25(29)24-15-23-21(16-30-24)19(3)20(4)31-23/h6-7,14-15H,5,8-13,16H2,1-4H3,(H,26,29). The van der Waals surface area contributed by atoms with Crippen molar-refractivity contribution in [3.8, 4) is 0 Å². The number of nitrogens with zero attached hydrogens (tertiary/aromatic N) is 2. The first-order valence-corrected chi connectivity index (χ1v) is 13.0. The van der Waals surface area contributed by atoms with Crippen LogP contribution in [0.5, 0.6) is 0 Å². The molecule has 4 rings (SSSR count). The molecule has 6 heteroatoms. The molecular weight excluding hydrogens is 422 g/mol. The van der Waals surface area contributed by atoms with Crippen LogP contribution in [0.2, 0.25) is 0 Å². The number of aryl methyl sites for hydroxylation is 3. The van der Waals surface area contributed by atoms with E-state index in [1.165, 1.54) is 37.7 Å². The third kappa shape index (κ3) is 5.18. The molecule has 1 N–H and O–H groups in total. The molecule has 3 heterocycles. The molecule has 0 radical (unpaired) electrons. The number of anilines is 1. The van der Waals surface area contributed by atoms with Gasteiger partial charge in [0.15, 0.2) is 0 Å². The second kappa shape index (κ2) is 9.80. The average molecular weight is 456 g/mol. The van der Waals surface area contributed by atoms with Crippen LogP contribution in [0.3, 0.4) is 0 Å². The Morgan fingerprint density at radius 2 is 1.87 bits per heavy atom. The Hall–Kier alpha value is -1.76. The van der Waals surface area contributed by atoms with Crippen molar-refractivity contribution in [3.05, 3.63) is 55.1 Å². The van der Waals surface area contributed by atoms with Crippen molar-refractivity contribution in [3.63, 3.8) is 0 Å². The second-order valence-corrected chi connectivity index (χ2v) is 10.9. The smallest absolute Gasteiger partial charge is 0.257 e. The lowest BCUT2D eigenvalue weighted by molar-refractivity contribution is -0.116. The fraction of sp³-hybridized carbons (Fsp3) is 0.480. The van der Waals surface area contributed by atoms with Gasteiger partial charge in [-0.05, 0) is 75.1 Å². The number of carbonyl (C=O) groups is 1. The molecule has 4 nitrogen and oxygen atoms in total. The maximum Gasteiger partial charge on any atom is 0.257 e. The number of hydrogen-bond donors (Lipinski definition) is 1. The summed E-state index contributed by atoms with van der Waals surface area (Å²) in [5, 5.41) is 3.13. The lowest BCUT2D eigenvalue weighted by Crippen LogP contribution is -2.47. The van der Waals surface area contributed by atoms with E-state index < -0.39 is 0 Å². The Labute approximate surface area is 194 Å². The lowest BCUT2D eigenvalue weighted by atomic mass is 10.1. The Kier molecular flexibility index (Phi) is 7.09. The van der Waals surface area contributed by atoms with Crippen LogP contribution in [0.4, 0.5) is 5.69 Å². The molecule has 0 atom stereocenters. The van der Waals surface area contributed by atoms with Gasteiger partial charge in [-0.1, -0.05) is 12.1 Å². The number of piperazine rings is 1. The SMILES string of the molecule is Cc1ccc(C)c(N2CCN(CCCNC(=O)C3=Cc4sc(C)c(C)c4CS3)CC2)c1. The van der Waals surface area contributed by atoms with Crippen LogP contribution < -0.4 is 10.2 Å². The normalized spacial score (nSPS) is 16.8. The Balaban J connectivity index is 1.20. The van der Waals surface area contributed by atoms with Crippen molar-refractivity contribution in [2.45, 2.75) is 39.9 Å². The zero-order valence-corrected chi connectivity index (χ0v) is 20.7. The van der Waals surface area contributed by atoms with Crippen LogP contribution in [0.15, 0.2) is 23.1 Å². The Bertz CT molecular complexity index is 987. The molecular formula is C25H33N3OS2. The van der Waals surface area contributed by atoms with E-state index in [-0.39, 0.29) is 5.91 Å². The molecule has 2 aromatic rings. The molecule has 1 amide bonds. The highest BCUT2D eigenvalue weighted by molar-refractivity contribution is 8.03. The summed E-state index contributed by atoms with van der Waals surface area (Å²) in [7, 11) is 0. The van der Waals surface area contributed by atoms with E-state index in [1.807, 2.05) is 0 Å². The summed E-state index contributed by atoms with van der Waals surface area (Å²) in [6.07, 6.45) is 3.08. The molecule has 1 saturated heterocycles. The number of carbonyl (C=O) groups excluding carboxylic acids is 1. The minimum atomic E-state index is 0.0825. The summed E-state index contributed by atoms with van der Waals surface area (Å²) in [5.74, 6) is 0.995. The molecule has 31 heavy (non-hydrogen) atoms. The molecule has 1 aromatic heterocycles. The van der Waals surface area contributed by atoms with E-state index in [9.17, 15) is 4.79 Å². The molecule has 166 valence electrons. The minimum absolute atomic E-state index is 0.0825. The van der Waals surface area contributed by atoms with Crippen LogP contribution in [0.1, 0.15) is 38.4 Å². The maximum atomic E-state index is 12.6. The van der Waals surface area contributed by atoms with E-state index in [2.05, 4.69) is 67.1 Å². The van der Waals surface area contributed by atoms with Gasteiger partial charge >= 0.3 is 0 Å². The number of hydrogen-bond acceptors (Lipinski definition) is 5. The molecule has 2 aliphatic rings. The molecule has 0 unspecified atom stereocenters. The van der Waals surface area contributed by atoms with E-state index in [0.29, 0.717) is 0 Å². The van der Waals surface area contributed by atoms with Gasteiger partial charge in [0.05, 0.1) is 4.91 Å². The van der Waals surface area contributed by atoms with Crippen molar-refractivity contribution in [1.82, 2.24) is 10.2 Å². The number of fused-ring (bicyclic) bond motifs is 1. The summed E-state index contributed by atoms with van der Waals surface area (Å²) in [6, 6.07) is 6.72. The van der Waals surface area contributed by atoms with Crippen molar-refractivity contribution in [1.29, 1.82) is 0 Å². The first-order valence-electron chi connectivity index (χ1n) is 11.2. The highest BCUT2D eigenvalue weighted by Gasteiger charge is 2.21. The van der Waals surface area contributed by atoms with Crippen LogP contribution in [-0.4, -0.2) is 50.1 Å².